The SMILES string of the molecule is CCCCCCCCCCCCOC(=O)[C@H](C)NC(=O)c1cccs1. The molecule has 25 heavy (non-hydrogen) atoms. The molecule has 1 heterocycles. The van der Waals surface area contributed by atoms with Gasteiger partial charge in [-0.1, -0.05) is 70.8 Å². The second kappa shape index (κ2) is 13.9. The zero-order chi connectivity index (χ0) is 18.3. The van der Waals surface area contributed by atoms with Crippen molar-refractivity contribution in [1.82, 2.24) is 5.32 Å². The molecule has 1 aromatic heterocycles. The number of rotatable bonds is 14. The molecule has 0 aliphatic rings. The van der Waals surface area contributed by atoms with Gasteiger partial charge < -0.3 is 10.1 Å². The molecular formula is C20H33NO3S. The fourth-order valence-corrected chi connectivity index (χ4v) is 3.25. The lowest BCUT2D eigenvalue weighted by atomic mass is 10.1. The van der Waals surface area contributed by atoms with Crippen LogP contribution in [0.5, 0.6) is 0 Å². The van der Waals surface area contributed by atoms with Gasteiger partial charge in [0.25, 0.3) is 5.91 Å². The number of esters is 1. The van der Waals surface area contributed by atoms with Crippen LogP contribution in [0.25, 0.3) is 0 Å². The Kier molecular flexibility index (Phi) is 12.0. The maximum atomic E-state index is 11.9. The first-order valence-electron chi connectivity index (χ1n) is 9.66. The summed E-state index contributed by atoms with van der Waals surface area (Å²) in [4.78, 5) is 24.4. The van der Waals surface area contributed by atoms with E-state index in [1.54, 1.807) is 13.0 Å². The van der Waals surface area contributed by atoms with E-state index in [1.165, 1.54) is 62.7 Å². The van der Waals surface area contributed by atoms with E-state index in [0.29, 0.717) is 11.5 Å². The molecule has 0 radical (unpaired) electrons. The van der Waals surface area contributed by atoms with Crippen LogP contribution < -0.4 is 5.32 Å². The van der Waals surface area contributed by atoms with Crippen molar-refractivity contribution in [2.24, 2.45) is 0 Å². The van der Waals surface area contributed by atoms with Crippen molar-refractivity contribution in [2.75, 3.05) is 6.61 Å². The number of thiophene rings is 1. The number of hydrogen-bond donors (Lipinski definition) is 1. The van der Waals surface area contributed by atoms with Gasteiger partial charge in [-0.2, -0.15) is 0 Å². The van der Waals surface area contributed by atoms with Crippen LogP contribution in [0.4, 0.5) is 0 Å². The van der Waals surface area contributed by atoms with Crippen LogP contribution in [-0.2, 0) is 9.53 Å². The first-order valence-corrected chi connectivity index (χ1v) is 10.5. The van der Waals surface area contributed by atoms with Crippen LogP contribution in [0.2, 0.25) is 0 Å². The standard InChI is InChI=1S/C20H33NO3S/c1-3-4-5-6-7-8-9-10-11-12-15-24-20(23)17(2)21-19(22)18-14-13-16-25-18/h13-14,16-17H,3-12,15H2,1-2H3,(H,21,22)/t17-/m0/s1. The molecular weight excluding hydrogens is 334 g/mol. The number of nitrogens with one attached hydrogen (secondary N) is 1. The quantitative estimate of drug-likeness (QED) is 0.357. The average Bonchev–Trinajstić information content (AvgIpc) is 3.14. The Morgan fingerprint density at radius 2 is 1.64 bits per heavy atom. The zero-order valence-electron chi connectivity index (χ0n) is 15.7. The molecule has 0 fully saturated rings. The Labute approximate surface area is 156 Å². The highest BCUT2D eigenvalue weighted by atomic mass is 32.1. The Morgan fingerprint density at radius 1 is 1.04 bits per heavy atom. The lowest BCUT2D eigenvalue weighted by Crippen LogP contribution is -2.39. The Bertz CT molecular complexity index is 473. The molecule has 0 aliphatic heterocycles. The maximum absolute atomic E-state index is 11.9. The van der Waals surface area contributed by atoms with Gasteiger partial charge in [0.05, 0.1) is 11.5 Å². The van der Waals surface area contributed by atoms with Gasteiger partial charge in [0, 0.05) is 0 Å². The van der Waals surface area contributed by atoms with E-state index < -0.39 is 6.04 Å². The van der Waals surface area contributed by atoms with Gasteiger partial charge in [-0.25, -0.2) is 4.79 Å². The maximum Gasteiger partial charge on any atom is 0.328 e. The number of amides is 1. The molecule has 1 amide bonds. The minimum absolute atomic E-state index is 0.224. The lowest BCUT2D eigenvalue weighted by molar-refractivity contribution is -0.145. The summed E-state index contributed by atoms with van der Waals surface area (Å²) in [6, 6.07) is 2.94. The van der Waals surface area contributed by atoms with Gasteiger partial charge in [0.15, 0.2) is 0 Å². The molecule has 0 spiro atoms. The first-order chi connectivity index (χ1) is 12.1. The Hall–Kier alpha value is -1.36. The summed E-state index contributed by atoms with van der Waals surface area (Å²) in [6.45, 7) is 4.34. The molecule has 142 valence electrons. The number of hydrogen-bond acceptors (Lipinski definition) is 4. The third-order valence-electron chi connectivity index (χ3n) is 4.19. The topological polar surface area (TPSA) is 55.4 Å². The van der Waals surface area contributed by atoms with Gasteiger partial charge in [-0.15, -0.1) is 11.3 Å². The monoisotopic (exact) mass is 367 g/mol. The van der Waals surface area contributed by atoms with Crippen molar-refractivity contribution in [3.8, 4) is 0 Å². The van der Waals surface area contributed by atoms with Crippen LogP contribution in [0, 0.1) is 0 Å². The fourth-order valence-electron chi connectivity index (χ4n) is 2.62. The van der Waals surface area contributed by atoms with Crippen molar-refractivity contribution >= 4 is 23.2 Å². The number of unbranched alkanes of at least 4 members (excludes halogenated alkanes) is 9. The summed E-state index contributed by atoms with van der Waals surface area (Å²) in [5, 5.41) is 4.51. The second-order valence-corrected chi connectivity index (χ2v) is 7.47. The Morgan fingerprint density at radius 3 is 2.20 bits per heavy atom. The fraction of sp³-hybridized carbons (Fsp3) is 0.700. The minimum Gasteiger partial charge on any atom is -0.464 e. The first kappa shape index (κ1) is 21.7. The summed E-state index contributed by atoms with van der Waals surface area (Å²) in [6.07, 6.45) is 12.5. The van der Waals surface area contributed by atoms with Crippen LogP contribution in [0.15, 0.2) is 17.5 Å². The van der Waals surface area contributed by atoms with E-state index in [1.807, 2.05) is 11.4 Å². The van der Waals surface area contributed by atoms with Crippen LogP contribution in [0.1, 0.15) is 87.7 Å². The van der Waals surface area contributed by atoms with Crippen LogP contribution >= 0.6 is 11.3 Å². The highest BCUT2D eigenvalue weighted by Crippen LogP contribution is 2.11. The minimum atomic E-state index is -0.613. The molecule has 0 bridgehead atoms. The largest absolute Gasteiger partial charge is 0.464 e. The zero-order valence-corrected chi connectivity index (χ0v) is 16.5. The van der Waals surface area contributed by atoms with Crippen molar-refractivity contribution in [3.05, 3.63) is 22.4 Å². The van der Waals surface area contributed by atoms with E-state index >= 15 is 0 Å². The highest BCUT2D eigenvalue weighted by Gasteiger charge is 2.18. The van der Waals surface area contributed by atoms with E-state index in [9.17, 15) is 9.59 Å². The van der Waals surface area contributed by atoms with Gasteiger partial charge in [-0.3, -0.25) is 4.79 Å². The molecule has 4 nitrogen and oxygen atoms in total. The van der Waals surface area contributed by atoms with Gasteiger partial charge in [0.1, 0.15) is 6.04 Å². The smallest absolute Gasteiger partial charge is 0.328 e. The molecule has 0 saturated carbocycles. The highest BCUT2D eigenvalue weighted by molar-refractivity contribution is 7.12. The normalized spacial score (nSPS) is 11.9. The summed E-state index contributed by atoms with van der Waals surface area (Å²) in [7, 11) is 0. The van der Waals surface area contributed by atoms with E-state index in [-0.39, 0.29) is 11.9 Å². The molecule has 1 atom stereocenters. The molecule has 0 saturated heterocycles. The Balaban J connectivity index is 1.97. The van der Waals surface area contributed by atoms with Crippen molar-refractivity contribution < 1.29 is 14.3 Å². The van der Waals surface area contributed by atoms with Crippen molar-refractivity contribution in [1.29, 1.82) is 0 Å². The van der Waals surface area contributed by atoms with E-state index in [0.717, 1.165) is 12.8 Å². The summed E-state index contributed by atoms with van der Waals surface area (Å²) in [5.41, 5.74) is 0. The van der Waals surface area contributed by atoms with E-state index in [2.05, 4.69) is 12.2 Å². The summed E-state index contributed by atoms with van der Waals surface area (Å²) >= 11 is 1.36. The van der Waals surface area contributed by atoms with Crippen LogP contribution in [-0.4, -0.2) is 24.5 Å². The van der Waals surface area contributed by atoms with Crippen LogP contribution in [0.3, 0.4) is 0 Å². The summed E-state index contributed by atoms with van der Waals surface area (Å²) in [5.74, 6) is -0.584. The van der Waals surface area contributed by atoms with E-state index in [4.69, 9.17) is 4.74 Å². The number of carbonyl (C=O) groups excluding carboxylic acids is 2. The van der Waals surface area contributed by atoms with Crippen molar-refractivity contribution in [2.45, 2.75) is 84.1 Å². The third kappa shape index (κ3) is 10.3. The van der Waals surface area contributed by atoms with Crippen molar-refractivity contribution in [3.63, 3.8) is 0 Å². The molecule has 5 heteroatoms. The molecule has 0 unspecified atom stereocenters. The molecule has 0 aliphatic carbocycles. The van der Waals surface area contributed by atoms with Gasteiger partial charge in [-0.05, 0) is 24.8 Å². The number of carbonyl (C=O) groups is 2. The molecule has 1 N–H and O–H groups in total. The predicted molar refractivity (Wildman–Crippen MR) is 104 cm³/mol. The lowest BCUT2D eigenvalue weighted by Gasteiger charge is -2.12. The molecule has 1 aromatic rings. The second-order valence-electron chi connectivity index (χ2n) is 6.52. The average molecular weight is 368 g/mol. The number of ether oxygens (including phenoxy) is 1. The van der Waals surface area contributed by atoms with Gasteiger partial charge >= 0.3 is 5.97 Å². The summed E-state index contributed by atoms with van der Waals surface area (Å²) < 4.78 is 5.24. The molecule has 1 rings (SSSR count). The van der Waals surface area contributed by atoms with Gasteiger partial charge in [0.2, 0.25) is 0 Å². The predicted octanol–water partition coefficient (Wildman–Crippen LogP) is 5.33. The third-order valence-corrected chi connectivity index (χ3v) is 5.06. The molecule has 0 aromatic carbocycles.